The lowest BCUT2D eigenvalue weighted by atomic mass is 10.1. The zero-order valence-corrected chi connectivity index (χ0v) is 11.4. The monoisotopic (exact) mass is 314 g/mol. The van der Waals surface area contributed by atoms with Crippen LogP contribution in [-0.2, 0) is 20.6 Å². The molecule has 0 spiro atoms. The number of nitrogens with zero attached hydrogens (tertiary/aromatic N) is 1. The molecule has 0 aromatic heterocycles. The number of anilines is 1. The van der Waals surface area contributed by atoms with Crippen LogP contribution in [0, 0.1) is 0 Å². The van der Waals surface area contributed by atoms with Gasteiger partial charge in [0.15, 0.2) is 0 Å². The van der Waals surface area contributed by atoms with Gasteiger partial charge < -0.3 is 5.32 Å². The van der Waals surface area contributed by atoms with E-state index in [0.29, 0.717) is 0 Å². The molecule has 0 saturated carbocycles. The Morgan fingerprint density at radius 1 is 1.14 bits per heavy atom. The van der Waals surface area contributed by atoms with Gasteiger partial charge in [-0.25, -0.2) is 0 Å². The maximum atomic E-state index is 12.8. The van der Waals surface area contributed by atoms with Gasteiger partial charge >= 0.3 is 6.18 Å². The highest BCUT2D eigenvalue weighted by Crippen LogP contribution is 2.34. The molecular weight excluding hydrogens is 301 g/mol. The SMILES string of the molecule is O=C(CCN1C(=O)CCC1=O)Nc1ccccc1C(F)(F)F. The van der Waals surface area contributed by atoms with Crippen LogP contribution in [-0.4, -0.2) is 29.2 Å². The number of para-hydroxylation sites is 1. The van der Waals surface area contributed by atoms with Crippen molar-refractivity contribution in [3.8, 4) is 0 Å². The van der Waals surface area contributed by atoms with Crippen LogP contribution in [0.4, 0.5) is 18.9 Å². The summed E-state index contributed by atoms with van der Waals surface area (Å²) in [6.45, 7) is -0.127. The molecule has 1 aromatic rings. The minimum atomic E-state index is -4.58. The fraction of sp³-hybridized carbons (Fsp3) is 0.357. The van der Waals surface area contributed by atoms with E-state index >= 15 is 0 Å². The van der Waals surface area contributed by atoms with Crippen LogP contribution in [0.1, 0.15) is 24.8 Å². The van der Waals surface area contributed by atoms with Crippen molar-refractivity contribution in [2.75, 3.05) is 11.9 Å². The van der Waals surface area contributed by atoms with Gasteiger partial charge in [-0.05, 0) is 12.1 Å². The van der Waals surface area contributed by atoms with Gasteiger partial charge in [0, 0.05) is 25.8 Å². The molecule has 8 heteroatoms. The van der Waals surface area contributed by atoms with E-state index in [4.69, 9.17) is 0 Å². The summed E-state index contributed by atoms with van der Waals surface area (Å²) < 4.78 is 38.4. The fourth-order valence-corrected chi connectivity index (χ4v) is 2.14. The van der Waals surface area contributed by atoms with E-state index in [1.165, 1.54) is 12.1 Å². The van der Waals surface area contributed by atoms with E-state index in [-0.39, 0.29) is 43.3 Å². The zero-order valence-electron chi connectivity index (χ0n) is 11.4. The summed E-state index contributed by atoms with van der Waals surface area (Å²) in [7, 11) is 0. The van der Waals surface area contributed by atoms with Gasteiger partial charge in [-0.1, -0.05) is 12.1 Å². The molecule has 1 aliphatic rings. The highest BCUT2D eigenvalue weighted by molar-refractivity contribution is 6.02. The lowest BCUT2D eigenvalue weighted by Crippen LogP contribution is -2.32. The van der Waals surface area contributed by atoms with Gasteiger partial charge in [0.05, 0.1) is 11.3 Å². The van der Waals surface area contributed by atoms with Crippen molar-refractivity contribution in [2.24, 2.45) is 0 Å². The molecule has 1 N–H and O–H groups in total. The number of likely N-dealkylation sites (tertiary alicyclic amines) is 1. The van der Waals surface area contributed by atoms with Crippen molar-refractivity contribution in [1.29, 1.82) is 0 Å². The third kappa shape index (κ3) is 3.63. The summed E-state index contributed by atoms with van der Waals surface area (Å²) in [4.78, 5) is 35.4. The standard InChI is InChI=1S/C14H13F3N2O3/c15-14(16,17)9-3-1-2-4-10(9)18-11(20)7-8-19-12(21)5-6-13(19)22/h1-4H,5-8H2,(H,18,20). The van der Waals surface area contributed by atoms with Crippen LogP contribution in [0.2, 0.25) is 0 Å². The molecule has 2 rings (SSSR count). The quantitative estimate of drug-likeness (QED) is 0.866. The summed E-state index contributed by atoms with van der Waals surface area (Å²) in [6, 6.07) is 4.61. The van der Waals surface area contributed by atoms with Gasteiger partial charge in [0.25, 0.3) is 0 Å². The second-order valence-corrected chi connectivity index (χ2v) is 4.78. The minimum absolute atomic E-state index is 0.108. The minimum Gasteiger partial charge on any atom is -0.325 e. The van der Waals surface area contributed by atoms with Crippen LogP contribution in [0.25, 0.3) is 0 Å². The number of rotatable bonds is 4. The van der Waals surface area contributed by atoms with Crippen LogP contribution in [0.5, 0.6) is 0 Å². The van der Waals surface area contributed by atoms with E-state index < -0.39 is 17.6 Å². The lowest BCUT2D eigenvalue weighted by molar-refractivity contribution is -0.139. The van der Waals surface area contributed by atoms with Crippen LogP contribution < -0.4 is 5.32 Å². The Hall–Kier alpha value is -2.38. The largest absolute Gasteiger partial charge is 0.418 e. The summed E-state index contributed by atoms with van der Waals surface area (Å²) in [6.07, 6.45) is -4.61. The number of carbonyl (C=O) groups excluding carboxylic acids is 3. The fourth-order valence-electron chi connectivity index (χ4n) is 2.14. The van der Waals surface area contributed by atoms with Crippen molar-refractivity contribution >= 4 is 23.4 Å². The van der Waals surface area contributed by atoms with Gasteiger partial charge in [-0.15, -0.1) is 0 Å². The number of amides is 3. The Morgan fingerprint density at radius 2 is 1.73 bits per heavy atom. The molecule has 3 amide bonds. The van der Waals surface area contributed by atoms with Crippen molar-refractivity contribution in [3.05, 3.63) is 29.8 Å². The van der Waals surface area contributed by atoms with Crippen molar-refractivity contribution < 1.29 is 27.6 Å². The van der Waals surface area contributed by atoms with Crippen molar-refractivity contribution in [1.82, 2.24) is 4.90 Å². The Morgan fingerprint density at radius 3 is 2.32 bits per heavy atom. The Bertz CT molecular complexity index is 598. The first-order chi connectivity index (χ1) is 10.3. The smallest absolute Gasteiger partial charge is 0.325 e. The third-order valence-electron chi connectivity index (χ3n) is 3.22. The molecule has 0 atom stereocenters. The highest BCUT2D eigenvalue weighted by Gasteiger charge is 2.34. The van der Waals surface area contributed by atoms with Gasteiger partial charge in [0.2, 0.25) is 17.7 Å². The molecule has 0 unspecified atom stereocenters. The maximum absolute atomic E-state index is 12.8. The highest BCUT2D eigenvalue weighted by atomic mass is 19.4. The number of alkyl halides is 3. The van der Waals surface area contributed by atoms with Crippen molar-refractivity contribution in [3.63, 3.8) is 0 Å². The third-order valence-corrected chi connectivity index (χ3v) is 3.22. The average Bonchev–Trinajstić information content (AvgIpc) is 2.75. The Kier molecular flexibility index (Phi) is 4.48. The molecule has 1 saturated heterocycles. The van der Waals surface area contributed by atoms with Gasteiger partial charge in [-0.3, -0.25) is 19.3 Å². The number of imide groups is 1. The molecule has 22 heavy (non-hydrogen) atoms. The number of carbonyl (C=O) groups is 3. The Labute approximate surface area is 124 Å². The van der Waals surface area contributed by atoms with E-state index in [2.05, 4.69) is 5.32 Å². The first kappa shape index (κ1) is 16.0. The van der Waals surface area contributed by atoms with E-state index in [1.54, 1.807) is 0 Å². The number of benzene rings is 1. The maximum Gasteiger partial charge on any atom is 0.418 e. The summed E-state index contributed by atoms with van der Waals surface area (Å²) in [5.74, 6) is -1.42. The lowest BCUT2D eigenvalue weighted by Gasteiger charge is -2.15. The molecule has 5 nitrogen and oxygen atoms in total. The second-order valence-electron chi connectivity index (χ2n) is 4.78. The van der Waals surface area contributed by atoms with E-state index in [1.807, 2.05) is 0 Å². The number of hydrogen-bond acceptors (Lipinski definition) is 3. The topological polar surface area (TPSA) is 66.5 Å². The molecule has 1 aromatic carbocycles. The van der Waals surface area contributed by atoms with Gasteiger partial charge in [0.1, 0.15) is 0 Å². The predicted octanol–water partition coefficient (Wildman–Crippen LogP) is 2.18. The van der Waals surface area contributed by atoms with Crippen LogP contribution >= 0.6 is 0 Å². The zero-order chi connectivity index (χ0) is 16.3. The van der Waals surface area contributed by atoms with E-state index in [0.717, 1.165) is 17.0 Å². The first-order valence-electron chi connectivity index (χ1n) is 6.58. The normalized spacial score (nSPS) is 15.3. The van der Waals surface area contributed by atoms with Crippen molar-refractivity contribution in [2.45, 2.75) is 25.4 Å². The predicted molar refractivity (Wildman–Crippen MR) is 70.6 cm³/mol. The molecular formula is C14H13F3N2O3. The molecule has 1 fully saturated rings. The molecule has 0 radical (unpaired) electrons. The average molecular weight is 314 g/mol. The van der Waals surface area contributed by atoms with E-state index in [9.17, 15) is 27.6 Å². The molecule has 1 aliphatic heterocycles. The summed E-state index contributed by atoms with van der Waals surface area (Å²) >= 11 is 0. The van der Waals surface area contributed by atoms with Crippen LogP contribution in [0.15, 0.2) is 24.3 Å². The number of nitrogens with one attached hydrogen (secondary N) is 1. The first-order valence-corrected chi connectivity index (χ1v) is 6.58. The molecule has 1 heterocycles. The molecule has 0 aliphatic carbocycles. The summed E-state index contributed by atoms with van der Waals surface area (Å²) in [5.41, 5.74) is -1.30. The molecule has 118 valence electrons. The number of hydrogen-bond donors (Lipinski definition) is 1. The molecule has 0 bridgehead atoms. The van der Waals surface area contributed by atoms with Gasteiger partial charge in [-0.2, -0.15) is 13.2 Å². The van der Waals surface area contributed by atoms with Crippen LogP contribution in [0.3, 0.4) is 0 Å². The second kappa shape index (κ2) is 6.17. The summed E-state index contributed by atoms with van der Waals surface area (Å²) in [5, 5.41) is 2.16. The Balaban J connectivity index is 1.98. The number of halogens is 3.